The topological polar surface area (TPSA) is 55.9 Å². The third-order valence-electron chi connectivity index (χ3n) is 8.64. The van der Waals surface area contributed by atoms with Crippen molar-refractivity contribution in [1.82, 2.24) is 0 Å². The quantitative estimate of drug-likeness (QED) is 0.576. The number of rotatable bonds is 2. The van der Waals surface area contributed by atoms with Gasteiger partial charge < -0.3 is 9.47 Å². The highest BCUT2D eigenvalue weighted by atomic mass is 16.6. The molecule has 0 aromatic rings. The average Bonchev–Trinajstić information content (AvgIpc) is 3.36. The summed E-state index contributed by atoms with van der Waals surface area (Å²) in [7, 11) is 1.78. The Morgan fingerprint density at radius 3 is 2.75 bits per heavy atom. The second-order valence-electron chi connectivity index (χ2n) is 9.27. The van der Waals surface area contributed by atoms with E-state index in [2.05, 4.69) is 6.92 Å². The fourth-order valence-electron chi connectivity index (χ4n) is 7.54. The Hall–Kier alpha value is -0.740. The summed E-state index contributed by atoms with van der Waals surface area (Å²) in [5.41, 5.74) is -1.31. The minimum atomic E-state index is -0.753. The molecule has 0 amide bonds. The minimum absolute atomic E-state index is 0.0190. The van der Waals surface area contributed by atoms with Crippen molar-refractivity contribution in [2.45, 2.75) is 57.5 Å². The molecule has 24 heavy (non-hydrogen) atoms. The molecule has 0 aromatic carbocycles. The highest BCUT2D eigenvalue weighted by Crippen LogP contribution is 2.71. The van der Waals surface area contributed by atoms with Crippen molar-refractivity contribution >= 4 is 11.6 Å². The van der Waals surface area contributed by atoms with Crippen molar-refractivity contribution < 1.29 is 19.1 Å². The van der Waals surface area contributed by atoms with E-state index >= 15 is 0 Å². The summed E-state index contributed by atoms with van der Waals surface area (Å²) in [6.07, 6.45) is 6.83. The number of epoxide rings is 1. The SMILES string of the molecule is COC[C@@]12CCCC(C)C1CC(=O)[C@@]13CC[C@@H](CC12)C1(CO1)C3=O. The number of carbonyl (C=O) groups excluding carboxylic acids is 2. The zero-order valence-electron chi connectivity index (χ0n) is 14.8. The van der Waals surface area contributed by atoms with Crippen LogP contribution < -0.4 is 0 Å². The first-order chi connectivity index (χ1) is 11.5. The first-order valence-corrected chi connectivity index (χ1v) is 9.72. The van der Waals surface area contributed by atoms with Crippen molar-refractivity contribution in [2.75, 3.05) is 20.3 Å². The molecule has 1 heterocycles. The summed E-state index contributed by atoms with van der Waals surface area (Å²) in [5.74, 6) is 1.83. The van der Waals surface area contributed by atoms with Gasteiger partial charge in [-0.15, -0.1) is 0 Å². The summed E-state index contributed by atoms with van der Waals surface area (Å²) in [5, 5.41) is 0. The van der Waals surface area contributed by atoms with Crippen LogP contribution in [-0.2, 0) is 19.1 Å². The van der Waals surface area contributed by atoms with Crippen LogP contribution in [0.5, 0.6) is 0 Å². The molecule has 2 bridgehead atoms. The molecule has 7 atom stereocenters. The van der Waals surface area contributed by atoms with Crippen molar-refractivity contribution in [2.24, 2.45) is 34.5 Å². The zero-order valence-corrected chi connectivity index (χ0v) is 14.8. The van der Waals surface area contributed by atoms with E-state index in [1.54, 1.807) is 7.11 Å². The normalized spacial score (nSPS) is 55.4. The number of fused-ring (bicyclic) bond motifs is 2. The Morgan fingerprint density at radius 1 is 1.25 bits per heavy atom. The van der Waals surface area contributed by atoms with Crippen LogP contribution in [0.2, 0.25) is 0 Å². The summed E-state index contributed by atoms with van der Waals surface area (Å²) in [6.45, 7) is 3.55. The molecule has 5 saturated carbocycles. The molecule has 2 spiro atoms. The lowest BCUT2D eigenvalue weighted by Gasteiger charge is -2.65. The second-order valence-corrected chi connectivity index (χ2v) is 9.27. The smallest absolute Gasteiger partial charge is 0.181 e. The lowest BCUT2D eigenvalue weighted by atomic mass is 9.36. The van der Waals surface area contributed by atoms with Gasteiger partial charge in [-0.1, -0.05) is 19.8 Å². The molecular formula is C20H28O4. The van der Waals surface area contributed by atoms with Crippen LogP contribution in [0.4, 0.5) is 0 Å². The molecule has 6 fully saturated rings. The van der Waals surface area contributed by atoms with Crippen LogP contribution in [0.15, 0.2) is 0 Å². The van der Waals surface area contributed by atoms with E-state index in [4.69, 9.17) is 9.47 Å². The Bertz CT molecular complexity index is 605. The van der Waals surface area contributed by atoms with E-state index in [1.165, 1.54) is 12.8 Å². The summed E-state index contributed by atoms with van der Waals surface area (Å²) in [6, 6.07) is 0. The van der Waals surface area contributed by atoms with Crippen LogP contribution in [0.1, 0.15) is 51.9 Å². The first kappa shape index (κ1) is 15.5. The molecule has 0 N–H and O–H groups in total. The third-order valence-corrected chi connectivity index (χ3v) is 8.64. The highest BCUT2D eigenvalue weighted by molar-refractivity contribution is 6.13. The molecular weight excluding hydrogens is 304 g/mol. The summed E-state index contributed by atoms with van der Waals surface area (Å²) < 4.78 is 11.4. The maximum atomic E-state index is 13.5. The standard InChI is InChI=1S/C20H28O4/c1-12-4-3-6-18(10-23-2)14(12)9-16(21)19-7-5-13(8-15(18)19)20(11-24-20)17(19)22/h12-15H,3-11H2,1-2H3/t12?,13-,14?,15?,18-,19+,20?/m0/s1. The van der Waals surface area contributed by atoms with Crippen LogP contribution in [-0.4, -0.2) is 37.5 Å². The van der Waals surface area contributed by atoms with Gasteiger partial charge in [-0.25, -0.2) is 0 Å². The zero-order chi connectivity index (χ0) is 16.7. The highest BCUT2D eigenvalue weighted by Gasteiger charge is 2.78. The van der Waals surface area contributed by atoms with Crippen molar-refractivity contribution in [3.63, 3.8) is 0 Å². The van der Waals surface area contributed by atoms with E-state index in [0.29, 0.717) is 37.4 Å². The van der Waals surface area contributed by atoms with Crippen LogP contribution in [0, 0.1) is 34.5 Å². The molecule has 0 aromatic heterocycles. The van der Waals surface area contributed by atoms with Gasteiger partial charge in [-0.2, -0.15) is 0 Å². The number of ketones is 2. The molecule has 0 radical (unpaired) electrons. The number of hydrogen-bond acceptors (Lipinski definition) is 4. The van der Waals surface area contributed by atoms with Gasteiger partial charge in [-0.3, -0.25) is 9.59 Å². The van der Waals surface area contributed by atoms with E-state index in [-0.39, 0.29) is 22.9 Å². The number of carbonyl (C=O) groups is 2. The summed E-state index contributed by atoms with van der Waals surface area (Å²) >= 11 is 0. The van der Waals surface area contributed by atoms with E-state index in [0.717, 1.165) is 25.7 Å². The van der Waals surface area contributed by atoms with Gasteiger partial charge in [-0.05, 0) is 49.4 Å². The Labute approximate surface area is 143 Å². The minimum Gasteiger partial charge on any atom is -0.384 e. The lowest BCUT2D eigenvalue weighted by Crippen LogP contribution is -2.71. The van der Waals surface area contributed by atoms with Crippen LogP contribution in [0.3, 0.4) is 0 Å². The van der Waals surface area contributed by atoms with E-state index < -0.39 is 11.0 Å². The molecule has 1 aliphatic heterocycles. The predicted octanol–water partition coefficient (Wildman–Crippen LogP) is 2.78. The Balaban J connectivity index is 1.65. The molecule has 4 unspecified atom stereocenters. The van der Waals surface area contributed by atoms with Crippen molar-refractivity contribution in [3.05, 3.63) is 0 Å². The third kappa shape index (κ3) is 1.54. The second kappa shape index (κ2) is 4.70. The monoisotopic (exact) mass is 332 g/mol. The lowest BCUT2D eigenvalue weighted by molar-refractivity contribution is -0.202. The van der Waals surface area contributed by atoms with Gasteiger partial charge in [0, 0.05) is 18.9 Å². The molecule has 4 nitrogen and oxygen atoms in total. The molecule has 4 heteroatoms. The Kier molecular flexibility index (Phi) is 3.04. The Morgan fingerprint density at radius 2 is 2.04 bits per heavy atom. The summed E-state index contributed by atoms with van der Waals surface area (Å²) in [4.78, 5) is 26.8. The molecule has 6 rings (SSSR count). The van der Waals surface area contributed by atoms with Gasteiger partial charge in [0.2, 0.25) is 0 Å². The maximum Gasteiger partial charge on any atom is 0.181 e. The maximum absolute atomic E-state index is 13.5. The fraction of sp³-hybridized carbons (Fsp3) is 0.900. The molecule has 132 valence electrons. The number of hydrogen-bond donors (Lipinski definition) is 0. The van der Waals surface area contributed by atoms with Gasteiger partial charge in [0.1, 0.15) is 5.78 Å². The van der Waals surface area contributed by atoms with Gasteiger partial charge in [0.05, 0.1) is 18.6 Å². The van der Waals surface area contributed by atoms with Crippen LogP contribution in [0.25, 0.3) is 0 Å². The first-order valence-electron chi connectivity index (χ1n) is 9.72. The molecule has 1 saturated heterocycles. The molecule has 6 aliphatic rings. The van der Waals surface area contributed by atoms with Gasteiger partial charge in [0.25, 0.3) is 0 Å². The van der Waals surface area contributed by atoms with Crippen molar-refractivity contribution in [3.8, 4) is 0 Å². The van der Waals surface area contributed by atoms with Gasteiger partial charge in [0.15, 0.2) is 11.4 Å². The number of methoxy groups -OCH3 is 1. The fourth-order valence-corrected chi connectivity index (χ4v) is 7.54. The van der Waals surface area contributed by atoms with E-state index in [1.807, 2.05) is 0 Å². The van der Waals surface area contributed by atoms with E-state index in [9.17, 15) is 9.59 Å². The van der Waals surface area contributed by atoms with Crippen LogP contribution >= 0.6 is 0 Å². The number of ether oxygens (including phenoxy) is 2. The molecule has 5 aliphatic carbocycles. The largest absolute Gasteiger partial charge is 0.384 e. The van der Waals surface area contributed by atoms with Gasteiger partial charge >= 0.3 is 0 Å². The predicted molar refractivity (Wildman–Crippen MR) is 87.4 cm³/mol. The number of Topliss-reactive ketones (excluding diaryl/α,β-unsaturated/α-hetero) is 2. The van der Waals surface area contributed by atoms with Crippen molar-refractivity contribution in [1.29, 1.82) is 0 Å². The average molecular weight is 332 g/mol.